The summed E-state index contributed by atoms with van der Waals surface area (Å²) in [5.41, 5.74) is -0.437. The Morgan fingerprint density at radius 1 is 1.36 bits per heavy atom. The largest absolute Gasteiger partial charge is 0.213 e. The van der Waals surface area contributed by atoms with Crippen molar-refractivity contribution in [1.82, 2.24) is 4.72 Å². The molecule has 0 aromatic rings. The van der Waals surface area contributed by atoms with Crippen LogP contribution in [-0.2, 0) is 10.0 Å². The Morgan fingerprint density at radius 2 is 1.73 bits per heavy atom. The molecule has 0 atom stereocenters. The van der Waals surface area contributed by atoms with Crippen LogP contribution in [0.15, 0.2) is 0 Å². The van der Waals surface area contributed by atoms with E-state index in [9.17, 15) is 8.42 Å². The second kappa shape index (κ2) is 4.20. The zero-order chi connectivity index (χ0) is 9.12. The maximum atomic E-state index is 10.8. The van der Waals surface area contributed by atoms with E-state index in [1.807, 2.05) is 6.92 Å². The first-order valence-electron chi connectivity index (χ1n) is 2.94. The minimum Gasteiger partial charge on any atom is -0.213 e. The fourth-order valence-electron chi connectivity index (χ4n) is 0.538. The molecular formula is C5H11Br2NO2S. The van der Waals surface area contributed by atoms with Gasteiger partial charge >= 0.3 is 0 Å². The predicted molar refractivity (Wildman–Crippen MR) is 54.0 cm³/mol. The van der Waals surface area contributed by atoms with E-state index < -0.39 is 15.6 Å². The lowest BCUT2D eigenvalue weighted by atomic mass is 10.1. The van der Waals surface area contributed by atoms with Crippen molar-refractivity contribution in [2.75, 3.05) is 16.9 Å². The molecule has 0 saturated carbocycles. The Kier molecular flexibility index (Phi) is 4.54. The Hall–Kier alpha value is 0.870. The van der Waals surface area contributed by atoms with Gasteiger partial charge in [-0.05, 0) is 6.92 Å². The van der Waals surface area contributed by atoms with Gasteiger partial charge in [0, 0.05) is 16.2 Å². The van der Waals surface area contributed by atoms with Crippen molar-refractivity contribution < 1.29 is 8.42 Å². The van der Waals surface area contributed by atoms with E-state index in [2.05, 4.69) is 36.6 Å². The van der Waals surface area contributed by atoms with E-state index in [0.29, 0.717) is 10.7 Å². The topological polar surface area (TPSA) is 46.2 Å². The van der Waals surface area contributed by atoms with E-state index in [0.717, 1.165) is 6.26 Å². The van der Waals surface area contributed by atoms with Crippen molar-refractivity contribution in [3.05, 3.63) is 0 Å². The number of sulfonamides is 1. The first kappa shape index (κ1) is 11.9. The molecule has 3 nitrogen and oxygen atoms in total. The molecule has 1 N–H and O–H groups in total. The quantitative estimate of drug-likeness (QED) is 0.790. The van der Waals surface area contributed by atoms with Gasteiger partial charge in [0.2, 0.25) is 10.0 Å². The van der Waals surface area contributed by atoms with Crippen molar-refractivity contribution in [2.24, 2.45) is 0 Å². The molecule has 0 fully saturated rings. The first-order valence-corrected chi connectivity index (χ1v) is 7.07. The van der Waals surface area contributed by atoms with E-state index in [1.165, 1.54) is 0 Å². The highest BCUT2D eigenvalue weighted by atomic mass is 79.9. The molecule has 0 spiro atoms. The molecular weight excluding hydrogens is 298 g/mol. The van der Waals surface area contributed by atoms with Crippen LogP contribution in [-0.4, -0.2) is 30.9 Å². The molecule has 0 heterocycles. The molecule has 0 bridgehead atoms. The summed E-state index contributed by atoms with van der Waals surface area (Å²) in [5, 5.41) is 1.16. The molecule has 0 aliphatic heterocycles. The number of halogens is 2. The Bertz CT molecular complexity index is 211. The van der Waals surface area contributed by atoms with Crippen molar-refractivity contribution in [2.45, 2.75) is 12.5 Å². The molecule has 6 heteroatoms. The van der Waals surface area contributed by atoms with Gasteiger partial charge in [0.15, 0.2) is 0 Å². The number of hydrogen-bond acceptors (Lipinski definition) is 2. The summed E-state index contributed by atoms with van der Waals surface area (Å²) in [6, 6.07) is 0. The Labute approximate surface area is 84.2 Å². The number of hydrogen-bond donors (Lipinski definition) is 1. The Morgan fingerprint density at radius 3 is 1.82 bits per heavy atom. The van der Waals surface area contributed by atoms with Crippen LogP contribution in [0.2, 0.25) is 0 Å². The monoisotopic (exact) mass is 307 g/mol. The first-order chi connectivity index (χ1) is 4.83. The molecule has 0 aromatic carbocycles. The highest BCUT2D eigenvalue weighted by molar-refractivity contribution is 9.09. The summed E-state index contributed by atoms with van der Waals surface area (Å²) in [7, 11) is -3.12. The van der Waals surface area contributed by atoms with E-state index in [-0.39, 0.29) is 0 Å². The van der Waals surface area contributed by atoms with Crippen LogP contribution in [0.5, 0.6) is 0 Å². The van der Waals surface area contributed by atoms with Crippen LogP contribution in [0.25, 0.3) is 0 Å². The maximum absolute atomic E-state index is 10.8. The fraction of sp³-hybridized carbons (Fsp3) is 1.00. The van der Waals surface area contributed by atoms with Crippen LogP contribution >= 0.6 is 31.9 Å². The van der Waals surface area contributed by atoms with Gasteiger partial charge in [0.25, 0.3) is 0 Å². The van der Waals surface area contributed by atoms with Crippen LogP contribution in [0.3, 0.4) is 0 Å². The van der Waals surface area contributed by atoms with Gasteiger partial charge in [0.1, 0.15) is 0 Å². The van der Waals surface area contributed by atoms with Gasteiger partial charge in [-0.1, -0.05) is 31.9 Å². The minimum atomic E-state index is -3.12. The van der Waals surface area contributed by atoms with E-state index >= 15 is 0 Å². The minimum absolute atomic E-state index is 0.437. The Balaban J connectivity index is 4.32. The molecule has 0 aliphatic carbocycles. The summed E-state index contributed by atoms with van der Waals surface area (Å²) < 4.78 is 24.1. The molecule has 0 radical (unpaired) electrons. The van der Waals surface area contributed by atoms with E-state index in [4.69, 9.17) is 0 Å². The second-order valence-corrected chi connectivity index (χ2v) is 5.57. The van der Waals surface area contributed by atoms with Crippen LogP contribution in [0.4, 0.5) is 0 Å². The molecule has 0 rings (SSSR count). The summed E-state index contributed by atoms with van der Waals surface area (Å²) in [6.07, 6.45) is 1.15. The van der Waals surface area contributed by atoms with Gasteiger partial charge in [-0.3, -0.25) is 0 Å². The van der Waals surface area contributed by atoms with Crippen LogP contribution < -0.4 is 4.72 Å². The SMILES string of the molecule is CC(CBr)(CBr)NS(C)(=O)=O. The lowest BCUT2D eigenvalue weighted by Crippen LogP contribution is -2.48. The lowest BCUT2D eigenvalue weighted by molar-refractivity contribution is 0.513. The highest BCUT2D eigenvalue weighted by Gasteiger charge is 2.24. The zero-order valence-corrected chi connectivity index (χ0v) is 10.4. The maximum Gasteiger partial charge on any atom is 0.209 e. The lowest BCUT2D eigenvalue weighted by Gasteiger charge is -2.24. The molecule has 0 unspecified atom stereocenters. The van der Waals surface area contributed by atoms with Crippen LogP contribution in [0, 0.1) is 0 Å². The molecule has 0 amide bonds. The third-order valence-electron chi connectivity index (χ3n) is 1.02. The standard InChI is InChI=1S/C5H11Br2NO2S/c1-5(3-6,4-7)8-11(2,9)10/h8H,3-4H2,1-2H3. The fourth-order valence-corrected chi connectivity index (χ4v) is 3.16. The summed E-state index contributed by atoms with van der Waals surface area (Å²) in [5.74, 6) is 0. The van der Waals surface area contributed by atoms with Gasteiger partial charge in [-0.15, -0.1) is 0 Å². The highest BCUT2D eigenvalue weighted by Crippen LogP contribution is 2.12. The van der Waals surface area contributed by atoms with Gasteiger partial charge < -0.3 is 0 Å². The predicted octanol–water partition coefficient (Wildman–Crippen LogP) is 1.08. The van der Waals surface area contributed by atoms with Crippen molar-refractivity contribution in [1.29, 1.82) is 0 Å². The summed E-state index contributed by atoms with van der Waals surface area (Å²) in [6.45, 7) is 1.82. The zero-order valence-electron chi connectivity index (χ0n) is 6.39. The number of nitrogens with one attached hydrogen (secondary N) is 1. The average Bonchev–Trinajstić information content (AvgIpc) is 1.84. The van der Waals surface area contributed by atoms with Crippen molar-refractivity contribution in [3.8, 4) is 0 Å². The van der Waals surface area contributed by atoms with Gasteiger partial charge in [-0.2, -0.15) is 0 Å². The summed E-state index contributed by atoms with van der Waals surface area (Å²) in [4.78, 5) is 0. The van der Waals surface area contributed by atoms with Crippen molar-refractivity contribution in [3.63, 3.8) is 0 Å². The second-order valence-electron chi connectivity index (χ2n) is 2.70. The van der Waals surface area contributed by atoms with E-state index in [1.54, 1.807) is 0 Å². The molecule has 0 aromatic heterocycles. The third kappa shape index (κ3) is 5.16. The molecule has 11 heavy (non-hydrogen) atoms. The average molecular weight is 309 g/mol. The number of alkyl halides is 2. The smallest absolute Gasteiger partial charge is 0.209 e. The molecule has 0 aliphatic rings. The number of rotatable bonds is 4. The van der Waals surface area contributed by atoms with Gasteiger partial charge in [-0.25, -0.2) is 13.1 Å². The van der Waals surface area contributed by atoms with Gasteiger partial charge in [0.05, 0.1) is 6.26 Å². The summed E-state index contributed by atoms with van der Waals surface area (Å²) >= 11 is 6.46. The van der Waals surface area contributed by atoms with Crippen molar-refractivity contribution >= 4 is 41.9 Å². The molecule has 0 saturated heterocycles. The molecule has 68 valence electrons. The third-order valence-corrected chi connectivity index (χ3v) is 4.36. The van der Waals surface area contributed by atoms with Crippen LogP contribution in [0.1, 0.15) is 6.92 Å². The normalized spacial score (nSPS) is 13.5.